The summed E-state index contributed by atoms with van der Waals surface area (Å²) in [4.78, 5) is 46.0. The second kappa shape index (κ2) is 10.3. The van der Waals surface area contributed by atoms with Crippen molar-refractivity contribution in [1.82, 2.24) is 14.5 Å². The summed E-state index contributed by atoms with van der Waals surface area (Å²) in [7, 11) is 0. The van der Waals surface area contributed by atoms with Crippen LogP contribution >= 0.6 is 0 Å². The average Bonchev–Trinajstić information content (AvgIpc) is 3.16. The third kappa shape index (κ3) is 4.75. The fourth-order valence-corrected chi connectivity index (χ4v) is 8.20. The van der Waals surface area contributed by atoms with E-state index in [1.54, 1.807) is 6.92 Å². The van der Waals surface area contributed by atoms with Crippen molar-refractivity contribution < 1.29 is 14.3 Å². The monoisotopic (exact) mass is 505 g/mol. The molecule has 0 N–H and O–H groups in total. The summed E-state index contributed by atoms with van der Waals surface area (Å²) in [6.07, 6.45) is 12.6. The van der Waals surface area contributed by atoms with Crippen LogP contribution in [0.1, 0.15) is 101 Å². The van der Waals surface area contributed by atoms with Crippen LogP contribution in [0.15, 0.2) is 29.1 Å². The van der Waals surface area contributed by atoms with E-state index in [4.69, 9.17) is 4.74 Å². The number of ketones is 1. The zero-order valence-corrected chi connectivity index (χ0v) is 21.9. The lowest BCUT2D eigenvalue weighted by molar-refractivity contribution is -0.143. The Morgan fingerprint density at radius 1 is 0.892 bits per heavy atom. The van der Waals surface area contributed by atoms with Crippen molar-refractivity contribution in [3.63, 3.8) is 0 Å². The molecule has 5 atom stereocenters. The zero-order valence-electron chi connectivity index (χ0n) is 21.9. The highest BCUT2D eigenvalue weighted by atomic mass is 16.5. The van der Waals surface area contributed by atoms with Crippen molar-refractivity contribution in [2.24, 2.45) is 11.8 Å². The van der Waals surface area contributed by atoms with Crippen LogP contribution in [0.3, 0.4) is 0 Å². The van der Waals surface area contributed by atoms with Crippen LogP contribution in [0.2, 0.25) is 0 Å². The van der Waals surface area contributed by atoms with Crippen LogP contribution in [-0.4, -0.2) is 50.9 Å². The normalized spacial score (nSPS) is 31.4. The highest BCUT2D eigenvalue weighted by Gasteiger charge is 2.47. The number of hydrogen-bond acceptors (Lipinski definition) is 6. The number of benzene rings is 1. The molecule has 37 heavy (non-hydrogen) atoms. The minimum atomic E-state index is -0.423. The number of rotatable bonds is 7. The number of aromatic nitrogens is 2. The standard InChI is InChI=1S/C30H39N3O4/c1-2-37-28(35)13-12-27(34)29-30(36)33(26-9-4-3-8-25(26)31-29)24-17-21-10-11-22(18-24)32(21)23-15-19-6-5-7-20(14-19)16-23/h3-4,8-9,19-24H,2,5-7,10-18H2,1H3/t19?,20?,21-,22?,23?,24+/m1/s1. The number of esters is 1. The molecular weight excluding hydrogens is 466 g/mol. The topological polar surface area (TPSA) is 81.5 Å². The highest BCUT2D eigenvalue weighted by Crippen LogP contribution is 2.48. The van der Waals surface area contributed by atoms with E-state index >= 15 is 0 Å². The lowest BCUT2D eigenvalue weighted by atomic mass is 9.69. The van der Waals surface area contributed by atoms with Crippen molar-refractivity contribution in [1.29, 1.82) is 0 Å². The van der Waals surface area contributed by atoms with Gasteiger partial charge in [0.25, 0.3) is 5.56 Å². The molecule has 0 amide bonds. The first kappa shape index (κ1) is 24.8. The summed E-state index contributed by atoms with van der Waals surface area (Å²) in [6, 6.07) is 9.44. The molecule has 4 bridgehead atoms. The molecule has 0 spiro atoms. The van der Waals surface area contributed by atoms with E-state index in [0.717, 1.165) is 30.2 Å². The summed E-state index contributed by atoms with van der Waals surface area (Å²) in [5, 5.41) is 0. The number of Topliss-reactive ketones (excluding diaryl/α,β-unsaturated/α-hetero) is 1. The number of para-hydroxylation sites is 2. The number of carbonyl (C=O) groups is 2. The van der Waals surface area contributed by atoms with E-state index < -0.39 is 5.97 Å². The van der Waals surface area contributed by atoms with Gasteiger partial charge in [-0.05, 0) is 75.8 Å². The molecule has 3 heterocycles. The molecule has 6 rings (SSSR count). The number of fused-ring (bicyclic) bond motifs is 5. The molecule has 2 aliphatic carbocycles. The second-order valence-electron chi connectivity index (χ2n) is 11.8. The van der Waals surface area contributed by atoms with Gasteiger partial charge in [0.1, 0.15) is 0 Å². The first-order chi connectivity index (χ1) is 18.0. The zero-order chi connectivity index (χ0) is 25.5. The van der Waals surface area contributed by atoms with Gasteiger partial charge in [0, 0.05) is 30.6 Å². The van der Waals surface area contributed by atoms with Crippen molar-refractivity contribution in [2.75, 3.05) is 6.61 Å². The summed E-state index contributed by atoms with van der Waals surface area (Å²) < 4.78 is 6.84. The van der Waals surface area contributed by atoms with Crippen molar-refractivity contribution in [3.8, 4) is 0 Å². The van der Waals surface area contributed by atoms with Crippen LogP contribution in [0.5, 0.6) is 0 Å². The Kier molecular flexibility index (Phi) is 6.91. The van der Waals surface area contributed by atoms with Crippen LogP contribution in [0, 0.1) is 11.8 Å². The van der Waals surface area contributed by atoms with Crippen molar-refractivity contribution in [3.05, 3.63) is 40.3 Å². The Balaban J connectivity index is 1.27. The fraction of sp³-hybridized carbons (Fsp3) is 0.667. The van der Waals surface area contributed by atoms with Gasteiger partial charge in [0.15, 0.2) is 11.5 Å². The molecule has 3 unspecified atom stereocenters. The van der Waals surface area contributed by atoms with Gasteiger partial charge >= 0.3 is 5.97 Å². The maximum Gasteiger partial charge on any atom is 0.306 e. The van der Waals surface area contributed by atoms with E-state index in [-0.39, 0.29) is 42.5 Å². The predicted octanol–water partition coefficient (Wildman–Crippen LogP) is 5.06. The number of ether oxygens (including phenoxy) is 1. The van der Waals surface area contributed by atoms with Gasteiger partial charge in [-0.25, -0.2) is 4.98 Å². The van der Waals surface area contributed by atoms with Gasteiger partial charge in [-0.1, -0.05) is 31.4 Å². The number of carbonyl (C=O) groups excluding carboxylic acids is 2. The van der Waals surface area contributed by atoms with E-state index in [2.05, 4.69) is 9.88 Å². The van der Waals surface area contributed by atoms with Crippen LogP contribution in [-0.2, 0) is 9.53 Å². The van der Waals surface area contributed by atoms with E-state index in [1.165, 1.54) is 51.4 Å². The summed E-state index contributed by atoms with van der Waals surface area (Å²) in [6.45, 7) is 2.01. The van der Waals surface area contributed by atoms with E-state index in [0.29, 0.717) is 23.6 Å². The Bertz CT molecular complexity index is 1210. The van der Waals surface area contributed by atoms with Crippen LogP contribution in [0.25, 0.3) is 11.0 Å². The lowest BCUT2D eigenvalue weighted by Gasteiger charge is -2.49. The van der Waals surface area contributed by atoms with Crippen LogP contribution < -0.4 is 5.56 Å². The fourth-order valence-electron chi connectivity index (χ4n) is 8.20. The molecule has 4 aliphatic rings. The smallest absolute Gasteiger partial charge is 0.306 e. The number of piperidine rings is 1. The second-order valence-corrected chi connectivity index (χ2v) is 11.8. The molecule has 7 nitrogen and oxygen atoms in total. The minimum Gasteiger partial charge on any atom is -0.466 e. The van der Waals surface area contributed by atoms with Gasteiger partial charge < -0.3 is 9.30 Å². The first-order valence-corrected chi connectivity index (χ1v) is 14.5. The summed E-state index contributed by atoms with van der Waals surface area (Å²) in [5.41, 5.74) is 1.12. The van der Waals surface area contributed by atoms with E-state index in [1.807, 2.05) is 28.8 Å². The Hall–Kier alpha value is -2.54. The Labute approximate surface area is 218 Å². The van der Waals surface area contributed by atoms with Gasteiger partial charge in [-0.2, -0.15) is 0 Å². The van der Waals surface area contributed by atoms with Gasteiger partial charge in [0.2, 0.25) is 0 Å². The maximum atomic E-state index is 13.8. The van der Waals surface area contributed by atoms with Gasteiger partial charge in [-0.15, -0.1) is 0 Å². The SMILES string of the molecule is CCOC(=O)CCC(=O)c1nc2ccccc2n([C@@H]2CC3CC[C@H](C2)N3C2CC3CCCC(C3)C2)c1=O. The third-order valence-electron chi connectivity index (χ3n) is 9.57. The largest absolute Gasteiger partial charge is 0.466 e. The van der Waals surface area contributed by atoms with E-state index in [9.17, 15) is 14.4 Å². The van der Waals surface area contributed by atoms with Gasteiger partial charge in [0.05, 0.1) is 24.1 Å². The van der Waals surface area contributed by atoms with Gasteiger partial charge in [-0.3, -0.25) is 19.3 Å². The molecule has 4 fully saturated rings. The Morgan fingerprint density at radius 3 is 2.30 bits per heavy atom. The molecular formula is C30H39N3O4. The molecule has 7 heteroatoms. The molecule has 198 valence electrons. The van der Waals surface area contributed by atoms with Crippen LogP contribution in [0.4, 0.5) is 0 Å². The highest BCUT2D eigenvalue weighted by molar-refractivity contribution is 5.97. The first-order valence-electron chi connectivity index (χ1n) is 14.5. The Morgan fingerprint density at radius 2 is 1.59 bits per heavy atom. The average molecular weight is 506 g/mol. The molecule has 1 aromatic carbocycles. The molecule has 2 saturated carbocycles. The number of hydrogen-bond donors (Lipinski definition) is 0. The van der Waals surface area contributed by atoms with Crippen molar-refractivity contribution >= 4 is 22.8 Å². The molecule has 1 aromatic heterocycles. The predicted molar refractivity (Wildman–Crippen MR) is 142 cm³/mol. The summed E-state index contributed by atoms with van der Waals surface area (Å²) in [5.74, 6) is 1.01. The van der Waals surface area contributed by atoms with Crippen molar-refractivity contribution in [2.45, 2.75) is 108 Å². The third-order valence-corrected chi connectivity index (χ3v) is 9.57. The molecule has 2 aromatic rings. The molecule has 0 radical (unpaired) electrons. The lowest BCUT2D eigenvalue weighted by Crippen LogP contribution is -2.52. The maximum absolute atomic E-state index is 13.8. The number of nitrogens with zero attached hydrogens (tertiary/aromatic N) is 3. The molecule has 2 aliphatic heterocycles. The quantitative estimate of drug-likeness (QED) is 0.387. The summed E-state index contributed by atoms with van der Waals surface area (Å²) >= 11 is 0. The minimum absolute atomic E-state index is 0.0352. The molecule has 2 saturated heterocycles.